The van der Waals surface area contributed by atoms with E-state index in [9.17, 15) is 8.42 Å². The van der Waals surface area contributed by atoms with Crippen LogP contribution >= 0.6 is 0 Å². The molecular weight excluding hydrogens is 286 g/mol. The standard InChI is InChI=1S/C15H19N3O2S/c1-18(12-13-6-3-2-4-7-13)21(19,20)17-15-9-5-8-14(10-15)11-16/h2-10,17H,11-12,16H2,1H3. The van der Waals surface area contributed by atoms with Gasteiger partial charge in [0.05, 0.1) is 5.69 Å². The molecule has 0 aliphatic rings. The van der Waals surface area contributed by atoms with Crippen molar-refractivity contribution in [1.82, 2.24) is 4.31 Å². The van der Waals surface area contributed by atoms with Gasteiger partial charge in [-0.3, -0.25) is 4.72 Å². The topological polar surface area (TPSA) is 75.4 Å². The first-order valence-corrected chi connectivity index (χ1v) is 8.02. The quantitative estimate of drug-likeness (QED) is 0.856. The van der Waals surface area contributed by atoms with E-state index < -0.39 is 10.2 Å². The van der Waals surface area contributed by atoms with Crippen LogP contribution in [0.25, 0.3) is 0 Å². The highest BCUT2D eigenvalue weighted by Crippen LogP contribution is 2.14. The Balaban J connectivity index is 2.10. The van der Waals surface area contributed by atoms with E-state index in [1.807, 2.05) is 36.4 Å². The maximum absolute atomic E-state index is 12.3. The van der Waals surface area contributed by atoms with E-state index in [0.29, 0.717) is 18.8 Å². The van der Waals surface area contributed by atoms with E-state index in [-0.39, 0.29) is 0 Å². The van der Waals surface area contributed by atoms with Gasteiger partial charge in [0, 0.05) is 20.1 Å². The van der Waals surface area contributed by atoms with Crippen LogP contribution in [0.15, 0.2) is 54.6 Å². The predicted octanol–water partition coefficient (Wildman–Crippen LogP) is 1.93. The highest BCUT2D eigenvalue weighted by Gasteiger charge is 2.17. The summed E-state index contributed by atoms with van der Waals surface area (Å²) in [5.41, 5.74) is 7.88. The van der Waals surface area contributed by atoms with Crippen LogP contribution in [0.4, 0.5) is 5.69 Å². The number of benzene rings is 2. The van der Waals surface area contributed by atoms with Crippen molar-refractivity contribution in [2.75, 3.05) is 11.8 Å². The Kier molecular flexibility index (Phi) is 4.95. The lowest BCUT2D eigenvalue weighted by Gasteiger charge is -2.18. The summed E-state index contributed by atoms with van der Waals surface area (Å²) in [7, 11) is -2.05. The third-order valence-corrected chi connectivity index (χ3v) is 4.51. The van der Waals surface area contributed by atoms with Crippen LogP contribution in [0, 0.1) is 0 Å². The van der Waals surface area contributed by atoms with Gasteiger partial charge in [-0.2, -0.15) is 12.7 Å². The van der Waals surface area contributed by atoms with Gasteiger partial charge < -0.3 is 5.73 Å². The summed E-state index contributed by atoms with van der Waals surface area (Å²) in [4.78, 5) is 0. The summed E-state index contributed by atoms with van der Waals surface area (Å²) < 4.78 is 28.4. The molecule has 0 aromatic heterocycles. The molecule has 3 N–H and O–H groups in total. The Hall–Kier alpha value is -1.89. The van der Waals surface area contributed by atoms with Crippen molar-refractivity contribution in [3.05, 3.63) is 65.7 Å². The summed E-state index contributed by atoms with van der Waals surface area (Å²) in [6, 6.07) is 16.5. The molecule has 2 aromatic rings. The molecule has 0 heterocycles. The zero-order chi connectivity index (χ0) is 15.3. The largest absolute Gasteiger partial charge is 0.326 e. The molecule has 2 rings (SSSR count). The van der Waals surface area contributed by atoms with Gasteiger partial charge in [-0.05, 0) is 23.3 Å². The minimum Gasteiger partial charge on any atom is -0.326 e. The van der Waals surface area contributed by atoms with E-state index in [1.165, 1.54) is 4.31 Å². The molecule has 6 heteroatoms. The molecule has 0 radical (unpaired) electrons. The fraction of sp³-hybridized carbons (Fsp3) is 0.200. The molecule has 0 atom stereocenters. The van der Waals surface area contributed by atoms with E-state index in [0.717, 1.165) is 11.1 Å². The van der Waals surface area contributed by atoms with Crippen molar-refractivity contribution in [1.29, 1.82) is 0 Å². The first-order chi connectivity index (χ1) is 10.0. The molecule has 2 aromatic carbocycles. The predicted molar refractivity (Wildman–Crippen MR) is 84.8 cm³/mol. The molecule has 0 aliphatic carbocycles. The van der Waals surface area contributed by atoms with E-state index in [2.05, 4.69) is 4.72 Å². The van der Waals surface area contributed by atoms with Crippen molar-refractivity contribution in [2.24, 2.45) is 5.73 Å². The van der Waals surface area contributed by atoms with Gasteiger partial charge in [0.15, 0.2) is 0 Å². The minimum absolute atomic E-state index is 0.312. The number of rotatable bonds is 6. The van der Waals surface area contributed by atoms with Crippen LogP contribution in [0.3, 0.4) is 0 Å². The first-order valence-electron chi connectivity index (χ1n) is 6.58. The minimum atomic E-state index is -3.59. The maximum Gasteiger partial charge on any atom is 0.301 e. The monoisotopic (exact) mass is 305 g/mol. The van der Waals surface area contributed by atoms with Gasteiger partial charge in [-0.1, -0.05) is 42.5 Å². The zero-order valence-corrected chi connectivity index (χ0v) is 12.7. The number of nitrogens with two attached hydrogens (primary N) is 1. The van der Waals surface area contributed by atoms with Crippen molar-refractivity contribution in [2.45, 2.75) is 13.1 Å². The number of anilines is 1. The average molecular weight is 305 g/mol. The molecule has 0 unspecified atom stereocenters. The number of nitrogens with one attached hydrogen (secondary N) is 1. The third kappa shape index (κ3) is 4.29. The molecule has 0 spiro atoms. The lowest BCUT2D eigenvalue weighted by molar-refractivity contribution is 0.471. The summed E-state index contributed by atoms with van der Waals surface area (Å²) >= 11 is 0. The van der Waals surface area contributed by atoms with Gasteiger partial charge in [0.2, 0.25) is 0 Å². The average Bonchev–Trinajstić information content (AvgIpc) is 2.48. The van der Waals surface area contributed by atoms with Gasteiger partial charge in [0.1, 0.15) is 0 Å². The number of hydrogen-bond acceptors (Lipinski definition) is 3. The van der Waals surface area contributed by atoms with Crippen LogP contribution in [-0.2, 0) is 23.3 Å². The fourth-order valence-corrected chi connectivity index (χ4v) is 2.81. The molecule has 0 amide bonds. The van der Waals surface area contributed by atoms with E-state index >= 15 is 0 Å². The molecular formula is C15H19N3O2S. The van der Waals surface area contributed by atoms with Crippen LogP contribution < -0.4 is 10.5 Å². The molecule has 0 bridgehead atoms. The van der Waals surface area contributed by atoms with E-state index in [4.69, 9.17) is 5.73 Å². The molecule has 5 nitrogen and oxygen atoms in total. The second-order valence-electron chi connectivity index (χ2n) is 4.75. The smallest absolute Gasteiger partial charge is 0.301 e. The van der Waals surface area contributed by atoms with Crippen molar-refractivity contribution < 1.29 is 8.42 Å². The molecule has 0 saturated carbocycles. The molecule has 112 valence electrons. The van der Waals surface area contributed by atoms with Gasteiger partial charge >= 0.3 is 10.2 Å². The fourth-order valence-electron chi connectivity index (χ4n) is 1.91. The second kappa shape index (κ2) is 6.71. The van der Waals surface area contributed by atoms with Crippen molar-refractivity contribution in [3.63, 3.8) is 0 Å². The SMILES string of the molecule is CN(Cc1ccccc1)S(=O)(=O)Nc1cccc(CN)c1. The Labute approximate surface area is 125 Å². The van der Waals surface area contributed by atoms with Gasteiger partial charge in [-0.25, -0.2) is 0 Å². The second-order valence-corrected chi connectivity index (χ2v) is 6.53. The molecule has 0 saturated heterocycles. The highest BCUT2D eigenvalue weighted by atomic mass is 32.2. The van der Waals surface area contributed by atoms with Crippen molar-refractivity contribution in [3.8, 4) is 0 Å². The molecule has 21 heavy (non-hydrogen) atoms. The maximum atomic E-state index is 12.3. The Morgan fingerprint density at radius 3 is 2.38 bits per heavy atom. The van der Waals surface area contributed by atoms with Crippen LogP contribution in [0.1, 0.15) is 11.1 Å². The number of nitrogens with zero attached hydrogens (tertiary/aromatic N) is 1. The highest BCUT2D eigenvalue weighted by molar-refractivity contribution is 7.90. The Morgan fingerprint density at radius 2 is 1.71 bits per heavy atom. The molecule has 0 aliphatic heterocycles. The zero-order valence-electron chi connectivity index (χ0n) is 11.9. The van der Waals surface area contributed by atoms with E-state index in [1.54, 1.807) is 25.2 Å². The summed E-state index contributed by atoms with van der Waals surface area (Å²) in [6.07, 6.45) is 0. The lowest BCUT2D eigenvalue weighted by atomic mass is 10.2. The van der Waals surface area contributed by atoms with Crippen LogP contribution in [0.2, 0.25) is 0 Å². The molecule has 0 fully saturated rings. The van der Waals surface area contributed by atoms with Crippen molar-refractivity contribution >= 4 is 15.9 Å². The summed E-state index contributed by atoms with van der Waals surface area (Å²) in [5.74, 6) is 0. The van der Waals surface area contributed by atoms with Gasteiger partial charge in [-0.15, -0.1) is 0 Å². The Bertz CT molecular complexity index is 687. The first kappa shape index (κ1) is 15.5. The van der Waals surface area contributed by atoms with Crippen LogP contribution in [-0.4, -0.2) is 19.8 Å². The van der Waals surface area contributed by atoms with Gasteiger partial charge in [0.25, 0.3) is 0 Å². The number of hydrogen-bond donors (Lipinski definition) is 2. The third-order valence-electron chi connectivity index (χ3n) is 3.07. The summed E-state index contributed by atoms with van der Waals surface area (Å²) in [5, 5.41) is 0. The summed E-state index contributed by atoms with van der Waals surface area (Å²) in [6.45, 7) is 0.683. The van der Waals surface area contributed by atoms with Crippen LogP contribution in [0.5, 0.6) is 0 Å². The Morgan fingerprint density at radius 1 is 1.05 bits per heavy atom. The normalized spacial score (nSPS) is 11.6. The lowest BCUT2D eigenvalue weighted by Crippen LogP contribution is -2.32.